The second kappa shape index (κ2) is 4.02. The van der Waals surface area contributed by atoms with Crippen LogP contribution >= 0.6 is 0 Å². The lowest BCUT2D eigenvalue weighted by Crippen LogP contribution is -2.48. The van der Waals surface area contributed by atoms with Gasteiger partial charge in [0.25, 0.3) is 0 Å². The van der Waals surface area contributed by atoms with Gasteiger partial charge < -0.3 is 10.0 Å². The van der Waals surface area contributed by atoms with E-state index in [1.807, 2.05) is 12.1 Å². The number of likely N-dealkylation sites (N-methyl/N-ethyl adjacent to an activating group) is 1. The number of hydrogen-bond donors (Lipinski definition) is 1. The minimum absolute atomic E-state index is 0.415. The molecule has 2 aliphatic rings. The lowest BCUT2D eigenvalue weighted by molar-refractivity contribution is 0.0965. The molecule has 1 N–H and O–H groups in total. The summed E-state index contributed by atoms with van der Waals surface area (Å²) in [7, 11) is 2.26. The number of fused-ring (bicyclic) bond motifs is 2. The Hall–Kier alpha value is -1.02. The van der Waals surface area contributed by atoms with Crippen LogP contribution in [0.1, 0.15) is 36.8 Å². The Labute approximate surface area is 103 Å². The van der Waals surface area contributed by atoms with Gasteiger partial charge in [-0.2, -0.15) is 0 Å². The van der Waals surface area contributed by atoms with E-state index in [4.69, 9.17) is 0 Å². The van der Waals surface area contributed by atoms with Gasteiger partial charge in [-0.25, -0.2) is 0 Å². The zero-order chi connectivity index (χ0) is 12.0. The van der Waals surface area contributed by atoms with Gasteiger partial charge in [0.15, 0.2) is 0 Å². The molecule has 0 unspecified atom stereocenters. The molecule has 0 saturated carbocycles. The fraction of sp³-hybridized carbons (Fsp3) is 0.600. The zero-order valence-electron chi connectivity index (χ0n) is 10.7. The molecule has 2 heteroatoms. The molecule has 2 nitrogen and oxygen atoms in total. The Bertz CT molecular complexity index is 429. The number of aromatic hydroxyl groups is 1. The van der Waals surface area contributed by atoms with E-state index in [0.29, 0.717) is 17.7 Å². The number of rotatable bonds is 0. The number of piperidine rings is 1. The highest BCUT2D eigenvalue weighted by molar-refractivity contribution is 5.40. The van der Waals surface area contributed by atoms with Gasteiger partial charge in [0, 0.05) is 6.04 Å². The average Bonchev–Trinajstić information content (AvgIpc) is 2.32. The van der Waals surface area contributed by atoms with Crippen molar-refractivity contribution in [2.45, 2.75) is 38.1 Å². The minimum atomic E-state index is 0.415. The SMILES string of the molecule is C[C@@H]1c2cc(O)ccc2C[C@H]2[C@H]1CCCN2C. The lowest BCUT2D eigenvalue weighted by Gasteiger charge is -2.46. The van der Waals surface area contributed by atoms with Crippen LogP contribution in [0, 0.1) is 5.92 Å². The van der Waals surface area contributed by atoms with Crippen molar-refractivity contribution in [2.75, 3.05) is 13.6 Å². The molecule has 3 atom stereocenters. The summed E-state index contributed by atoms with van der Waals surface area (Å²) >= 11 is 0. The number of nitrogens with zero attached hydrogens (tertiary/aromatic N) is 1. The molecule has 0 bridgehead atoms. The number of likely N-dealkylation sites (tertiary alicyclic amines) is 1. The van der Waals surface area contributed by atoms with Crippen LogP contribution in [0.15, 0.2) is 18.2 Å². The van der Waals surface area contributed by atoms with Crippen LogP contribution in [0.25, 0.3) is 0 Å². The number of benzene rings is 1. The Morgan fingerprint density at radius 2 is 2.18 bits per heavy atom. The average molecular weight is 231 g/mol. The van der Waals surface area contributed by atoms with Crippen molar-refractivity contribution >= 4 is 0 Å². The van der Waals surface area contributed by atoms with E-state index >= 15 is 0 Å². The number of phenols is 1. The van der Waals surface area contributed by atoms with Crippen LogP contribution in [0.3, 0.4) is 0 Å². The second-order valence-corrected chi connectivity index (χ2v) is 5.73. The van der Waals surface area contributed by atoms with Crippen LogP contribution in [-0.2, 0) is 6.42 Å². The summed E-state index contributed by atoms with van der Waals surface area (Å²) in [6.07, 6.45) is 3.81. The van der Waals surface area contributed by atoms with Gasteiger partial charge in [-0.3, -0.25) is 0 Å². The Morgan fingerprint density at radius 3 is 3.00 bits per heavy atom. The van der Waals surface area contributed by atoms with Gasteiger partial charge in [-0.05, 0) is 68.0 Å². The van der Waals surface area contributed by atoms with Crippen molar-refractivity contribution in [3.05, 3.63) is 29.3 Å². The molecular formula is C15H21NO. The highest BCUT2D eigenvalue weighted by Crippen LogP contribution is 2.43. The number of hydrogen-bond acceptors (Lipinski definition) is 2. The van der Waals surface area contributed by atoms with Crippen LogP contribution in [0.2, 0.25) is 0 Å². The normalized spacial score (nSPS) is 32.9. The molecule has 3 rings (SSSR count). The van der Waals surface area contributed by atoms with E-state index < -0.39 is 0 Å². The summed E-state index contributed by atoms with van der Waals surface area (Å²) in [5.41, 5.74) is 2.81. The molecule has 1 aromatic carbocycles. The van der Waals surface area contributed by atoms with Crippen molar-refractivity contribution in [2.24, 2.45) is 5.92 Å². The maximum Gasteiger partial charge on any atom is 0.115 e. The smallest absolute Gasteiger partial charge is 0.115 e. The quantitative estimate of drug-likeness (QED) is 0.742. The van der Waals surface area contributed by atoms with E-state index in [1.54, 1.807) is 0 Å². The predicted octanol–water partition coefficient (Wildman–Crippen LogP) is 2.76. The van der Waals surface area contributed by atoms with Crippen molar-refractivity contribution < 1.29 is 5.11 Å². The molecule has 0 aromatic heterocycles. The largest absolute Gasteiger partial charge is 0.508 e. The highest BCUT2D eigenvalue weighted by Gasteiger charge is 2.38. The summed E-state index contributed by atoms with van der Waals surface area (Å²) in [6, 6.07) is 6.62. The van der Waals surface area contributed by atoms with Crippen molar-refractivity contribution in [1.29, 1.82) is 0 Å². The van der Waals surface area contributed by atoms with Gasteiger partial charge in [-0.1, -0.05) is 13.0 Å². The molecule has 92 valence electrons. The first-order valence-corrected chi connectivity index (χ1v) is 6.69. The lowest BCUT2D eigenvalue weighted by atomic mass is 9.69. The summed E-state index contributed by atoms with van der Waals surface area (Å²) in [5.74, 6) is 1.76. The third kappa shape index (κ3) is 1.75. The molecule has 1 saturated heterocycles. The van der Waals surface area contributed by atoms with E-state index in [9.17, 15) is 5.11 Å². The van der Waals surface area contributed by atoms with Crippen LogP contribution in [0.4, 0.5) is 0 Å². The molecular weight excluding hydrogens is 210 g/mol. The van der Waals surface area contributed by atoms with Crippen molar-refractivity contribution in [3.63, 3.8) is 0 Å². The maximum absolute atomic E-state index is 9.64. The zero-order valence-corrected chi connectivity index (χ0v) is 10.7. The first-order valence-electron chi connectivity index (χ1n) is 6.69. The second-order valence-electron chi connectivity index (χ2n) is 5.73. The topological polar surface area (TPSA) is 23.5 Å². The van der Waals surface area contributed by atoms with E-state index in [2.05, 4.69) is 24.9 Å². The fourth-order valence-corrected chi connectivity index (χ4v) is 3.80. The van der Waals surface area contributed by atoms with Gasteiger partial charge in [0.1, 0.15) is 5.75 Å². The van der Waals surface area contributed by atoms with Crippen LogP contribution in [0.5, 0.6) is 5.75 Å². The Morgan fingerprint density at radius 1 is 1.35 bits per heavy atom. The molecule has 1 heterocycles. The molecule has 1 fully saturated rings. The van der Waals surface area contributed by atoms with Gasteiger partial charge in [-0.15, -0.1) is 0 Å². The molecule has 0 spiro atoms. The fourth-order valence-electron chi connectivity index (χ4n) is 3.80. The van der Waals surface area contributed by atoms with Crippen molar-refractivity contribution in [1.82, 2.24) is 4.90 Å². The molecule has 1 aliphatic carbocycles. The third-order valence-corrected chi connectivity index (χ3v) is 4.80. The van der Waals surface area contributed by atoms with Crippen LogP contribution < -0.4 is 0 Å². The molecule has 1 aliphatic heterocycles. The van der Waals surface area contributed by atoms with E-state index in [-0.39, 0.29) is 0 Å². The molecule has 17 heavy (non-hydrogen) atoms. The van der Waals surface area contributed by atoms with Crippen LogP contribution in [-0.4, -0.2) is 29.6 Å². The minimum Gasteiger partial charge on any atom is -0.508 e. The molecule has 0 radical (unpaired) electrons. The summed E-state index contributed by atoms with van der Waals surface area (Å²) in [6.45, 7) is 3.57. The number of phenolic OH excluding ortho intramolecular Hbond substituents is 1. The van der Waals surface area contributed by atoms with Gasteiger partial charge in [0.2, 0.25) is 0 Å². The third-order valence-electron chi connectivity index (χ3n) is 4.80. The maximum atomic E-state index is 9.64. The summed E-state index contributed by atoms with van der Waals surface area (Å²) in [5, 5.41) is 9.64. The van der Waals surface area contributed by atoms with Gasteiger partial charge in [0.05, 0.1) is 0 Å². The first kappa shape index (κ1) is 11.1. The summed E-state index contributed by atoms with van der Waals surface area (Å²) < 4.78 is 0. The van der Waals surface area contributed by atoms with Crippen molar-refractivity contribution in [3.8, 4) is 5.75 Å². The Kier molecular flexibility index (Phi) is 2.62. The first-order chi connectivity index (χ1) is 8.16. The predicted molar refractivity (Wildman–Crippen MR) is 69.4 cm³/mol. The molecule has 0 amide bonds. The summed E-state index contributed by atoms with van der Waals surface area (Å²) in [4.78, 5) is 2.53. The highest BCUT2D eigenvalue weighted by atomic mass is 16.3. The van der Waals surface area contributed by atoms with E-state index in [0.717, 1.165) is 12.3 Å². The van der Waals surface area contributed by atoms with Gasteiger partial charge >= 0.3 is 0 Å². The molecule has 1 aromatic rings. The Balaban J connectivity index is 2.00. The standard InChI is InChI=1S/C15H21NO/c1-10-13-4-3-7-16(2)15(13)8-11-5-6-12(17)9-14(10)11/h5-6,9-10,13,15,17H,3-4,7-8H2,1-2H3/t10-,13-,15-/m0/s1. The monoisotopic (exact) mass is 231 g/mol. The van der Waals surface area contributed by atoms with E-state index in [1.165, 1.54) is 30.5 Å².